The highest BCUT2D eigenvalue weighted by atomic mass is 32.1. The summed E-state index contributed by atoms with van der Waals surface area (Å²) in [5.41, 5.74) is 1.07. The van der Waals surface area contributed by atoms with Crippen LogP contribution < -0.4 is 5.32 Å². The Labute approximate surface area is 136 Å². The molecule has 7 heteroatoms. The van der Waals surface area contributed by atoms with E-state index in [4.69, 9.17) is 4.74 Å². The molecule has 0 saturated carbocycles. The molecule has 0 amide bonds. The summed E-state index contributed by atoms with van der Waals surface area (Å²) in [5.74, 6) is -1.03. The van der Waals surface area contributed by atoms with E-state index in [0.29, 0.717) is 12.0 Å². The molecule has 0 aliphatic carbocycles. The number of thiophene rings is 1. The van der Waals surface area contributed by atoms with Crippen LogP contribution >= 0.6 is 11.3 Å². The number of fused-ring (bicyclic) bond motifs is 1. The van der Waals surface area contributed by atoms with Crippen LogP contribution in [0.4, 0.5) is 5.00 Å². The first-order valence-electron chi connectivity index (χ1n) is 6.96. The Morgan fingerprint density at radius 3 is 3.00 bits per heavy atom. The van der Waals surface area contributed by atoms with Crippen LogP contribution in [-0.4, -0.2) is 34.8 Å². The molecule has 6 nitrogen and oxygen atoms in total. The average molecular weight is 329 g/mol. The number of carbonyl (C=O) groups is 1. The van der Waals surface area contributed by atoms with Crippen molar-refractivity contribution in [1.82, 2.24) is 9.97 Å². The van der Waals surface area contributed by atoms with Gasteiger partial charge in [-0.1, -0.05) is 6.07 Å². The molecule has 0 bridgehead atoms. The number of carboxylic acids is 1. The highest BCUT2D eigenvalue weighted by Gasteiger charge is 2.16. The van der Waals surface area contributed by atoms with Gasteiger partial charge in [0.05, 0.1) is 17.6 Å². The minimum atomic E-state index is -1.03. The fraction of sp³-hybridized carbons (Fsp3) is 0.188. The number of rotatable bonds is 6. The van der Waals surface area contributed by atoms with Gasteiger partial charge in [-0.2, -0.15) is 0 Å². The van der Waals surface area contributed by atoms with Crippen LogP contribution in [0.15, 0.2) is 42.9 Å². The number of hydrogen-bond donors (Lipinski definition) is 2. The van der Waals surface area contributed by atoms with Crippen molar-refractivity contribution in [2.45, 2.75) is 6.04 Å². The summed E-state index contributed by atoms with van der Waals surface area (Å²) in [4.78, 5) is 19.3. The van der Waals surface area contributed by atoms with E-state index in [-0.39, 0.29) is 11.7 Å². The number of anilines is 1. The molecule has 0 spiro atoms. The summed E-state index contributed by atoms with van der Waals surface area (Å²) in [6.45, 7) is 0.476. The minimum Gasteiger partial charge on any atom is -0.476 e. The molecule has 2 N–H and O–H groups in total. The standard InChI is InChI=1S/C16H15N3O3S/c1-22-9-12(10-3-2-5-17-8-10)19-14-7-11-13(23-14)4-6-18-15(11)16(20)21/h2-8,12,19H,9H2,1H3,(H,20,21)/t12-/m0/s1. The molecule has 0 saturated heterocycles. The first-order valence-corrected chi connectivity index (χ1v) is 7.78. The summed E-state index contributed by atoms with van der Waals surface area (Å²) in [6, 6.07) is 7.41. The third-order valence-corrected chi connectivity index (χ3v) is 4.42. The zero-order valence-corrected chi connectivity index (χ0v) is 13.2. The number of aromatic nitrogens is 2. The van der Waals surface area contributed by atoms with E-state index in [1.165, 1.54) is 17.5 Å². The maximum absolute atomic E-state index is 11.3. The lowest BCUT2D eigenvalue weighted by Gasteiger charge is -2.17. The molecule has 3 rings (SSSR count). The van der Waals surface area contributed by atoms with Gasteiger partial charge in [0.15, 0.2) is 5.69 Å². The molecule has 0 radical (unpaired) electrons. The normalized spacial score (nSPS) is 12.2. The van der Waals surface area contributed by atoms with Gasteiger partial charge in [-0.25, -0.2) is 9.78 Å². The topological polar surface area (TPSA) is 84.3 Å². The highest BCUT2D eigenvalue weighted by molar-refractivity contribution is 7.22. The van der Waals surface area contributed by atoms with Gasteiger partial charge in [-0.3, -0.25) is 4.98 Å². The maximum Gasteiger partial charge on any atom is 0.355 e. The number of methoxy groups -OCH3 is 1. The zero-order valence-electron chi connectivity index (χ0n) is 12.4. The Bertz CT molecular complexity index is 820. The lowest BCUT2D eigenvalue weighted by Crippen LogP contribution is -2.15. The average Bonchev–Trinajstić information content (AvgIpc) is 2.97. The second kappa shape index (κ2) is 6.72. The summed E-state index contributed by atoms with van der Waals surface area (Å²) in [6.07, 6.45) is 5.02. The summed E-state index contributed by atoms with van der Waals surface area (Å²) in [5, 5.41) is 14.1. The second-order valence-corrected chi connectivity index (χ2v) is 6.01. The van der Waals surface area contributed by atoms with Crippen LogP contribution in [0.5, 0.6) is 0 Å². The predicted molar refractivity (Wildman–Crippen MR) is 89.1 cm³/mol. The quantitative estimate of drug-likeness (QED) is 0.722. The second-order valence-electron chi connectivity index (χ2n) is 4.93. The Morgan fingerprint density at radius 2 is 2.30 bits per heavy atom. The first kappa shape index (κ1) is 15.4. The number of hydrogen-bond acceptors (Lipinski definition) is 6. The van der Waals surface area contributed by atoms with Crippen molar-refractivity contribution in [3.05, 3.63) is 54.1 Å². The molecule has 0 fully saturated rings. The van der Waals surface area contributed by atoms with Gasteiger partial charge in [-0.05, 0) is 23.8 Å². The Hall–Kier alpha value is -2.51. The molecular weight excluding hydrogens is 314 g/mol. The number of nitrogens with zero attached hydrogens (tertiary/aromatic N) is 2. The molecule has 118 valence electrons. The molecule has 3 aromatic rings. The van der Waals surface area contributed by atoms with Crippen molar-refractivity contribution < 1.29 is 14.6 Å². The summed E-state index contributed by atoms with van der Waals surface area (Å²) < 4.78 is 6.15. The fourth-order valence-corrected chi connectivity index (χ4v) is 3.36. The number of carboxylic acid groups (broad SMARTS) is 1. The van der Waals surface area contributed by atoms with E-state index < -0.39 is 5.97 Å². The van der Waals surface area contributed by atoms with Gasteiger partial charge < -0.3 is 15.2 Å². The lowest BCUT2D eigenvalue weighted by atomic mass is 10.1. The van der Waals surface area contributed by atoms with E-state index in [1.54, 1.807) is 19.5 Å². The summed E-state index contributed by atoms with van der Waals surface area (Å²) in [7, 11) is 1.64. The minimum absolute atomic E-state index is 0.0662. The molecule has 0 aliphatic rings. The lowest BCUT2D eigenvalue weighted by molar-refractivity contribution is 0.0693. The van der Waals surface area contributed by atoms with Crippen molar-refractivity contribution in [3.8, 4) is 0 Å². The van der Waals surface area contributed by atoms with Crippen LogP contribution in [0.1, 0.15) is 22.1 Å². The van der Waals surface area contributed by atoms with Gasteiger partial charge in [0.25, 0.3) is 0 Å². The van der Waals surface area contributed by atoms with Gasteiger partial charge >= 0.3 is 5.97 Å². The van der Waals surface area contributed by atoms with Crippen molar-refractivity contribution in [1.29, 1.82) is 0 Å². The van der Waals surface area contributed by atoms with Crippen LogP contribution in [0.25, 0.3) is 10.1 Å². The number of ether oxygens (including phenoxy) is 1. The van der Waals surface area contributed by atoms with Crippen molar-refractivity contribution in [2.75, 3.05) is 19.0 Å². The zero-order chi connectivity index (χ0) is 16.2. The van der Waals surface area contributed by atoms with Crippen LogP contribution in [-0.2, 0) is 4.74 Å². The molecule has 1 atom stereocenters. The van der Waals surface area contributed by atoms with Gasteiger partial charge in [0.2, 0.25) is 0 Å². The largest absolute Gasteiger partial charge is 0.476 e. The van der Waals surface area contributed by atoms with Crippen molar-refractivity contribution in [2.24, 2.45) is 0 Å². The van der Waals surface area contributed by atoms with E-state index in [9.17, 15) is 9.90 Å². The predicted octanol–water partition coefficient (Wildman–Crippen LogP) is 3.19. The smallest absolute Gasteiger partial charge is 0.355 e. The molecular formula is C16H15N3O3S. The Morgan fingerprint density at radius 1 is 1.43 bits per heavy atom. The third kappa shape index (κ3) is 3.30. The van der Waals surface area contributed by atoms with Gasteiger partial charge in [0, 0.05) is 35.8 Å². The molecule has 0 aromatic carbocycles. The van der Waals surface area contributed by atoms with Crippen molar-refractivity contribution in [3.63, 3.8) is 0 Å². The summed E-state index contributed by atoms with van der Waals surface area (Å²) >= 11 is 1.49. The van der Waals surface area contributed by atoms with Crippen LogP contribution in [0, 0.1) is 0 Å². The van der Waals surface area contributed by atoms with E-state index >= 15 is 0 Å². The number of aromatic carboxylic acids is 1. The Kier molecular flexibility index (Phi) is 4.50. The Balaban J connectivity index is 1.93. The maximum atomic E-state index is 11.3. The number of nitrogens with one attached hydrogen (secondary N) is 1. The number of pyridine rings is 2. The van der Waals surface area contributed by atoms with E-state index in [2.05, 4.69) is 15.3 Å². The fourth-order valence-electron chi connectivity index (χ4n) is 2.35. The first-order chi connectivity index (χ1) is 11.2. The highest BCUT2D eigenvalue weighted by Crippen LogP contribution is 2.33. The SMILES string of the molecule is COC[C@H](Nc1cc2c(C(=O)O)nccc2s1)c1cccnc1. The molecule has 3 heterocycles. The molecule has 0 aliphatic heterocycles. The third-order valence-electron chi connectivity index (χ3n) is 3.38. The van der Waals surface area contributed by atoms with Crippen LogP contribution in [0.2, 0.25) is 0 Å². The van der Waals surface area contributed by atoms with Crippen LogP contribution in [0.3, 0.4) is 0 Å². The van der Waals surface area contributed by atoms with E-state index in [1.807, 2.05) is 24.3 Å². The molecule has 23 heavy (non-hydrogen) atoms. The monoisotopic (exact) mass is 329 g/mol. The van der Waals surface area contributed by atoms with Gasteiger partial charge in [-0.15, -0.1) is 11.3 Å². The van der Waals surface area contributed by atoms with E-state index in [0.717, 1.165) is 15.3 Å². The molecule has 0 unspecified atom stereocenters. The van der Waals surface area contributed by atoms with Gasteiger partial charge in [0.1, 0.15) is 0 Å². The molecule has 3 aromatic heterocycles. The van der Waals surface area contributed by atoms with Crippen molar-refractivity contribution >= 4 is 32.4 Å².